The molecule has 86 valence electrons. The highest BCUT2D eigenvalue weighted by Gasteiger charge is 2.13. The zero-order chi connectivity index (χ0) is 11.8. The number of carboxylic acid groups (broad SMARTS) is 2. The lowest BCUT2D eigenvalue weighted by Gasteiger charge is -2.12. The van der Waals surface area contributed by atoms with E-state index in [0.717, 1.165) is 6.42 Å². The van der Waals surface area contributed by atoms with Crippen LogP contribution in [0.4, 0.5) is 0 Å². The number of aliphatic carboxylic acids is 2. The minimum Gasteiger partial charge on any atom is -0.481 e. The lowest BCUT2D eigenvalue weighted by molar-refractivity contribution is -0.139. The van der Waals surface area contributed by atoms with Crippen LogP contribution >= 0.6 is 0 Å². The number of rotatable bonds is 8. The molecule has 15 heavy (non-hydrogen) atoms. The van der Waals surface area contributed by atoms with Gasteiger partial charge in [-0.25, -0.2) is 0 Å². The molecule has 0 amide bonds. The molecule has 0 aliphatic heterocycles. The van der Waals surface area contributed by atoms with Gasteiger partial charge in [0.1, 0.15) is 0 Å². The van der Waals surface area contributed by atoms with Crippen molar-refractivity contribution in [3.05, 3.63) is 12.7 Å². The molecule has 0 fully saturated rings. The number of carbonyl (C=O) groups is 2. The van der Waals surface area contributed by atoms with E-state index in [1.54, 1.807) is 6.08 Å². The minimum absolute atomic E-state index is 0.0567. The smallest absolute Gasteiger partial charge is 0.303 e. The fraction of sp³-hybridized carbons (Fsp3) is 0.636. The van der Waals surface area contributed by atoms with Crippen molar-refractivity contribution in [2.24, 2.45) is 11.8 Å². The summed E-state index contributed by atoms with van der Waals surface area (Å²) >= 11 is 0. The summed E-state index contributed by atoms with van der Waals surface area (Å²) in [5.41, 5.74) is 0. The first-order valence-corrected chi connectivity index (χ1v) is 5.01. The lowest BCUT2D eigenvalue weighted by Crippen LogP contribution is -2.09. The topological polar surface area (TPSA) is 74.6 Å². The molecule has 0 saturated carbocycles. The Labute approximate surface area is 89.6 Å². The molecule has 0 spiro atoms. The Balaban J connectivity index is 3.84. The first-order chi connectivity index (χ1) is 6.95. The van der Waals surface area contributed by atoms with Crippen LogP contribution in [0.25, 0.3) is 0 Å². The van der Waals surface area contributed by atoms with Gasteiger partial charge in [-0.15, -0.1) is 6.58 Å². The van der Waals surface area contributed by atoms with E-state index >= 15 is 0 Å². The Morgan fingerprint density at radius 2 is 1.73 bits per heavy atom. The molecule has 0 aliphatic carbocycles. The van der Waals surface area contributed by atoms with Crippen molar-refractivity contribution in [3.8, 4) is 0 Å². The third kappa shape index (κ3) is 7.73. The molecule has 0 saturated heterocycles. The van der Waals surface area contributed by atoms with E-state index in [1.807, 2.05) is 6.92 Å². The van der Waals surface area contributed by atoms with Crippen LogP contribution in [-0.2, 0) is 9.59 Å². The molecule has 0 aliphatic rings. The SMILES string of the molecule is C=CC(CCC(C)CC(=O)O)CC(=O)O. The molecule has 0 heterocycles. The molecule has 0 rings (SSSR count). The Morgan fingerprint density at radius 1 is 1.20 bits per heavy atom. The van der Waals surface area contributed by atoms with Crippen LogP contribution in [0, 0.1) is 11.8 Å². The van der Waals surface area contributed by atoms with Gasteiger partial charge in [0.25, 0.3) is 0 Å². The molecule has 2 atom stereocenters. The molecule has 4 heteroatoms. The van der Waals surface area contributed by atoms with Crippen molar-refractivity contribution in [1.82, 2.24) is 0 Å². The summed E-state index contributed by atoms with van der Waals surface area (Å²) in [5.74, 6) is -1.63. The number of hydrogen-bond acceptors (Lipinski definition) is 2. The first-order valence-electron chi connectivity index (χ1n) is 5.01. The van der Waals surface area contributed by atoms with Gasteiger partial charge in [-0.1, -0.05) is 13.0 Å². The largest absolute Gasteiger partial charge is 0.481 e. The molecule has 0 aromatic heterocycles. The van der Waals surface area contributed by atoms with Crippen molar-refractivity contribution < 1.29 is 19.8 Å². The highest BCUT2D eigenvalue weighted by molar-refractivity contribution is 5.67. The van der Waals surface area contributed by atoms with Gasteiger partial charge < -0.3 is 10.2 Å². The minimum atomic E-state index is -0.842. The average molecular weight is 214 g/mol. The summed E-state index contributed by atoms with van der Waals surface area (Å²) in [5, 5.41) is 17.1. The fourth-order valence-corrected chi connectivity index (χ4v) is 1.43. The summed E-state index contributed by atoms with van der Waals surface area (Å²) in [6.07, 6.45) is 3.24. The van der Waals surface area contributed by atoms with Crippen LogP contribution in [0.3, 0.4) is 0 Å². The van der Waals surface area contributed by atoms with Crippen LogP contribution in [0.15, 0.2) is 12.7 Å². The average Bonchev–Trinajstić information content (AvgIpc) is 2.10. The predicted octanol–water partition coefficient (Wildman–Crippen LogP) is 2.15. The zero-order valence-corrected chi connectivity index (χ0v) is 8.98. The van der Waals surface area contributed by atoms with E-state index in [1.165, 1.54) is 0 Å². The van der Waals surface area contributed by atoms with Crippen LogP contribution in [-0.4, -0.2) is 22.2 Å². The van der Waals surface area contributed by atoms with Crippen molar-refractivity contribution in [1.29, 1.82) is 0 Å². The van der Waals surface area contributed by atoms with Gasteiger partial charge in [-0.05, 0) is 24.7 Å². The van der Waals surface area contributed by atoms with Gasteiger partial charge in [-0.2, -0.15) is 0 Å². The van der Waals surface area contributed by atoms with Crippen LogP contribution in [0.2, 0.25) is 0 Å². The number of hydrogen-bond donors (Lipinski definition) is 2. The van der Waals surface area contributed by atoms with E-state index < -0.39 is 11.9 Å². The fourth-order valence-electron chi connectivity index (χ4n) is 1.43. The van der Waals surface area contributed by atoms with E-state index in [0.29, 0.717) is 6.42 Å². The maximum absolute atomic E-state index is 10.4. The van der Waals surface area contributed by atoms with Gasteiger partial charge in [0, 0.05) is 6.42 Å². The molecule has 0 radical (unpaired) electrons. The Morgan fingerprint density at radius 3 is 2.13 bits per heavy atom. The zero-order valence-electron chi connectivity index (χ0n) is 8.98. The Hall–Kier alpha value is -1.32. The monoisotopic (exact) mass is 214 g/mol. The highest BCUT2D eigenvalue weighted by Crippen LogP contribution is 2.18. The van der Waals surface area contributed by atoms with Gasteiger partial charge in [0.05, 0.1) is 6.42 Å². The molecular weight excluding hydrogens is 196 g/mol. The summed E-state index contributed by atoms with van der Waals surface area (Å²) in [6.45, 7) is 5.43. The predicted molar refractivity (Wildman–Crippen MR) is 56.6 cm³/mol. The van der Waals surface area contributed by atoms with Crippen LogP contribution < -0.4 is 0 Å². The number of allylic oxidation sites excluding steroid dienone is 1. The second-order valence-corrected chi connectivity index (χ2v) is 3.87. The van der Waals surface area contributed by atoms with Crippen molar-refractivity contribution in [2.45, 2.75) is 32.6 Å². The van der Waals surface area contributed by atoms with Crippen molar-refractivity contribution in [2.75, 3.05) is 0 Å². The van der Waals surface area contributed by atoms with Gasteiger partial charge in [-0.3, -0.25) is 9.59 Å². The Kier molecular flexibility index (Phi) is 6.42. The van der Waals surface area contributed by atoms with E-state index in [9.17, 15) is 9.59 Å². The quantitative estimate of drug-likeness (QED) is 0.607. The maximum Gasteiger partial charge on any atom is 0.303 e. The molecule has 0 aromatic rings. The van der Waals surface area contributed by atoms with Gasteiger partial charge in [0.2, 0.25) is 0 Å². The van der Waals surface area contributed by atoms with E-state index in [4.69, 9.17) is 10.2 Å². The summed E-state index contributed by atoms with van der Waals surface area (Å²) in [7, 11) is 0. The van der Waals surface area contributed by atoms with Gasteiger partial charge >= 0.3 is 11.9 Å². The summed E-state index contributed by atoms with van der Waals surface area (Å²) < 4.78 is 0. The van der Waals surface area contributed by atoms with Crippen LogP contribution in [0.5, 0.6) is 0 Å². The van der Waals surface area contributed by atoms with E-state index in [2.05, 4.69) is 6.58 Å². The molecule has 2 unspecified atom stereocenters. The second-order valence-electron chi connectivity index (χ2n) is 3.87. The Bertz CT molecular complexity index is 235. The molecule has 4 nitrogen and oxygen atoms in total. The third-order valence-electron chi connectivity index (χ3n) is 2.32. The van der Waals surface area contributed by atoms with Crippen molar-refractivity contribution >= 4 is 11.9 Å². The van der Waals surface area contributed by atoms with Crippen molar-refractivity contribution in [3.63, 3.8) is 0 Å². The second kappa shape index (κ2) is 7.04. The summed E-state index contributed by atoms with van der Waals surface area (Å²) in [4.78, 5) is 20.8. The first kappa shape index (κ1) is 13.7. The maximum atomic E-state index is 10.4. The standard InChI is InChI=1S/C11H18O4/c1-3-9(7-11(14)15)5-4-8(2)6-10(12)13/h3,8-9H,1,4-7H2,2H3,(H,12,13)(H,14,15). The lowest BCUT2D eigenvalue weighted by atomic mass is 9.93. The summed E-state index contributed by atoms with van der Waals surface area (Å²) in [6, 6.07) is 0. The molecule has 0 bridgehead atoms. The van der Waals surface area contributed by atoms with E-state index in [-0.39, 0.29) is 24.7 Å². The molecule has 0 aromatic carbocycles. The van der Waals surface area contributed by atoms with Crippen LogP contribution in [0.1, 0.15) is 32.6 Å². The normalized spacial score (nSPS) is 14.2. The third-order valence-corrected chi connectivity index (χ3v) is 2.32. The highest BCUT2D eigenvalue weighted by atomic mass is 16.4. The van der Waals surface area contributed by atoms with Gasteiger partial charge in [0.15, 0.2) is 0 Å². The molecular formula is C11H18O4. The molecule has 2 N–H and O–H groups in total. The number of carboxylic acids is 2.